The zero-order valence-corrected chi connectivity index (χ0v) is 20.7. The van der Waals surface area contributed by atoms with Crippen LogP contribution in [0, 0.1) is 5.82 Å². The molecule has 3 aromatic carbocycles. The van der Waals surface area contributed by atoms with Crippen LogP contribution in [-0.4, -0.2) is 18.0 Å². The van der Waals surface area contributed by atoms with Crippen molar-refractivity contribution in [3.05, 3.63) is 89.9 Å². The van der Waals surface area contributed by atoms with Crippen molar-refractivity contribution in [1.29, 1.82) is 0 Å². The fraction of sp³-hybridized carbons (Fsp3) is 0.300. The summed E-state index contributed by atoms with van der Waals surface area (Å²) in [7, 11) is 0. The first-order valence-electron chi connectivity index (χ1n) is 12.5. The van der Waals surface area contributed by atoms with E-state index >= 15 is 4.39 Å². The van der Waals surface area contributed by atoms with Crippen LogP contribution in [0.1, 0.15) is 43.7 Å². The summed E-state index contributed by atoms with van der Waals surface area (Å²) in [4.78, 5) is 4.51. The topological polar surface area (TPSA) is 31.4 Å². The Morgan fingerprint density at radius 1 is 0.811 bits per heavy atom. The molecule has 0 fully saturated rings. The van der Waals surface area contributed by atoms with Crippen LogP contribution in [0.3, 0.4) is 0 Å². The van der Waals surface area contributed by atoms with E-state index in [4.69, 9.17) is 4.74 Å². The molecule has 0 radical (unpaired) electrons. The molecule has 1 heterocycles. The Hall–Kier alpha value is -3.61. The molecule has 0 bridgehead atoms. The quantitative estimate of drug-likeness (QED) is 0.149. The summed E-state index contributed by atoms with van der Waals surface area (Å²) in [5.74, 6) is 0.170. The Morgan fingerprint density at radius 3 is 2.30 bits per heavy atom. The summed E-state index contributed by atoms with van der Waals surface area (Å²) in [6.07, 6.45) is 2.48. The van der Waals surface area contributed by atoms with Crippen molar-refractivity contribution < 1.29 is 27.0 Å². The first kappa shape index (κ1) is 26.5. The molecular weight excluding hydrogens is 482 g/mol. The normalized spacial score (nSPS) is 11.6. The van der Waals surface area contributed by atoms with E-state index in [1.54, 1.807) is 30.5 Å². The molecule has 0 aliphatic rings. The van der Waals surface area contributed by atoms with Crippen LogP contribution < -0.4 is 9.47 Å². The van der Waals surface area contributed by atoms with Gasteiger partial charge in [-0.25, -0.2) is 4.39 Å². The molecule has 194 valence electrons. The van der Waals surface area contributed by atoms with Crippen LogP contribution in [0.2, 0.25) is 0 Å². The number of aryl methyl sites for hydroxylation is 2. The molecule has 0 atom stereocenters. The second-order valence-corrected chi connectivity index (χ2v) is 8.95. The molecule has 4 aromatic rings. The molecule has 0 unspecified atom stereocenters. The van der Waals surface area contributed by atoms with E-state index in [9.17, 15) is 13.2 Å². The summed E-state index contributed by atoms with van der Waals surface area (Å²) in [6.45, 7) is 2.85. The van der Waals surface area contributed by atoms with Crippen LogP contribution in [-0.2, 0) is 12.8 Å². The van der Waals surface area contributed by atoms with Gasteiger partial charge < -0.3 is 9.47 Å². The van der Waals surface area contributed by atoms with Gasteiger partial charge in [-0.3, -0.25) is 4.98 Å². The third-order valence-corrected chi connectivity index (χ3v) is 6.17. The minimum absolute atomic E-state index is 0.275. The average molecular weight is 512 g/mol. The standard InChI is InChI=1S/C30H29F4NO2/c1-2-3-4-5-18-36-26-15-17-28(35-20-26)24-12-16-27-23(19-24)11-10-22(29(27)31)9-6-21-7-13-25(14-8-21)37-30(32,33)34/h7-8,10-17,19-20H,2-6,9,18H2,1H3. The van der Waals surface area contributed by atoms with Gasteiger partial charge in [-0.1, -0.05) is 62.6 Å². The molecule has 37 heavy (non-hydrogen) atoms. The Kier molecular flexibility index (Phi) is 8.64. The van der Waals surface area contributed by atoms with Gasteiger partial charge in [0.05, 0.1) is 18.5 Å². The summed E-state index contributed by atoms with van der Waals surface area (Å²) in [6, 6.07) is 18.6. The lowest BCUT2D eigenvalue weighted by molar-refractivity contribution is -0.274. The summed E-state index contributed by atoms with van der Waals surface area (Å²) in [5.41, 5.74) is 3.01. The van der Waals surface area contributed by atoms with Gasteiger partial charge in [0.2, 0.25) is 0 Å². The number of aromatic nitrogens is 1. The fourth-order valence-electron chi connectivity index (χ4n) is 4.18. The van der Waals surface area contributed by atoms with E-state index in [1.807, 2.05) is 30.3 Å². The summed E-state index contributed by atoms with van der Waals surface area (Å²) >= 11 is 0. The summed E-state index contributed by atoms with van der Waals surface area (Å²) in [5, 5.41) is 1.28. The van der Waals surface area contributed by atoms with Gasteiger partial charge in [-0.2, -0.15) is 0 Å². The molecule has 0 saturated carbocycles. The van der Waals surface area contributed by atoms with Crippen molar-refractivity contribution in [2.45, 2.75) is 51.8 Å². The van der Waals surface area contributed by atoms with Crippen LogP contribution in [0.4, 0.5) is 17.6 Å². The van der Waals surface area contributed by atoms with E-state index in [0.29, 0.717) is 30.4 Å². The molecule has 0 spiro atoms. The Balaban J connectivity index is 1.39. The van der Waals surface area contributed by atoms with Gasteiger partial charge in [0.25, 0.3) is 0 Å². The largest absolute Gasteiger partial charge is 0.573 e. The van der Waals surface area contributed by atoms with Gasteiger partial charge >= 0.3 is 6.36 Å². The van der Waals surface area contributed by atoms with Crippen LogP contribution in [0.15, 0.2) is 72.9 Å². The maximum Gasteiger partial charge on any atom is 0.573 e. The van der Waals surface area contributed by atoms with E-state index in [0.717, 1.165) is 40.8 Å². The Morgan fingerprint density at radius 2 is 1.59 bits per heavy atom. The number of alkyl halides is 3. The van der Waals surface area contributed by atoms with E-state index in [-0.39, 0.29) is 11.6 Å². The van der Waals surface area contributed by atoms with E-state index in [2.05, 4.69) is 16.6 Å². The first-order chi connectivity index (χ1) is 17.8. The molecular formula is C30H29F4NO2. The third kappa shape index (κ3) is 7.44. The number of nitrogens with zero attached hydrogens (tertiary/aromatic N) is 1. The number of unbranched alkanes of at least 4 members (excludes halogenated alkanes) is 3. The SMILES string of the molecule is CCCCCCOc1ccc(-c2ccc3c(F)c(CCc4ccc(OC(F)(F)F)cc4)ccc3c2)nc1. The molecule has 0 amide bonds. The number of ether oxygens (including phenoxy) is 2. The van der Waals surface area contributed by atoms with Gasteiger partial charge in [0.15, 0.2) is 0 Å². The first-order valence-corrected chi connectivity index (χ1v) is 12.5. The van der Waals surface area contributed by atoms with Crippen molar-refractivity contribution in [3.63, 3.8) is 0 Å². The third-order valence-electron chi connectivity index (χ3n) is 6.17. The molecule has 0 aliphatic heterocycles. The zero-order chi connectivity index (χ0) is 26.3. The van der Waals surface area contributed by atoms with Gasteiger partial charge in [-0.15, -0.1) is 13.2 Å². The van der Waals surface area contributed by atoms with Crippen molar-refractivity contribution in [3.8, 4) is 22.8 Å². The molecule has 4 rings (SSSR count). The number of pyridine rings is 1. The number of fused-ring (bicyclic) bond motifs is 1. The Bertz CT molecular complexity index is 1300. The predicted molar refractivity (Wildman–Crippen MR) is 137 cm³/mol. The lowest BCUT2D eigenvalue weighted by Crippen LogP contribution is -2.17. The highest BCUT2D eigenvalue weighted by Gasteiger charge is 2.30. The smallest absolute Gasteiger partial charge is 0.492 e. The van der Waals surface area contributed by atoms with Crippen LogP contribution in [0.25, 0.3) is 22.0 Å². The van der Waals surface area contributed by atoms with Crippen LogP contribution in [0.5, 0.6) is 11.5 Å². The fourth-order valence-corrected chi connectivity index (χ4v) is 4.18. The lowest BCUT2D eigenvalue weighted by Gasteiger charge is -2.11. The second-order valence-electron chi connectivity index (χ2n) is 8.95. The molecule has 1 aromatic heterocycles. The highest BCUT2D eigenvalue weighted by molar-refractivity contribution is 5.88. The summed E-state index contributed by atoms with van der Waals surface area (Å²) < 4.78 is 61.8. The molecule has 3 nitrogen and oxygen atoms in total. The van der Waals surface area contributed by atoms with E-state index in [1.165, 1.54) is 25.0 Å². The van der Waals surface area contributed by atoms with Crippen LogP contribution >= 0.6 is 0 Å². The molecule has 7 heteroatoms. The minimum Gasteiger partial charge on any atom is -0.492 e. The number of hydrogen-bond acceptors (Lipinski definition) is 3. The van der Waals surface area contributed by atoms with Gasteiger partial charge in [0.1, 0.15) is 17.3 Å². The molecule has 0 N–H and O–H groups in total. The number of benzene rings is 3. The molecule has 0 saturated heterocycles. The maximum atomic E-state index is 15.2. The zero-order valence-electron chi connectivity index (χ0n) is 20.7. The minimum atomic E-state index is -4.73. The van der Waals surface area contributed by atoms with Crippen molar-refractivity contribution in [2.75, 3.05) is 6.61 Å². The lowest BCUT2D eigenvalue weighted by atomic mass is 9.98. The molecule has 0 aliphatic carbocycles. The highest BCUT2D eigenvalue weighted by atomic mass is 19.4. The maximum absolute atomic E-state index is 15.2. The van der Waals surface area contributed by atoms with Crippen molar-refractivity contribution in [2.24, 2.45) is 0 Å². The number of halogens is 4. The van der Waals surface area contributed by atoms with Crippen molar-refractivity contribution >= 4 is 10.8 Å². The highest BCUT2D eigenvalue weighted by Crippen LogP contribution is 2.28. The number of hydrogen-bond donors (Lipinski definition) is 0. The monoisotopic (exact) mass is 511 g/mol. The second kappa shape index (κ2) is 12.1. The van der Waals surface area contributed by atoms with E-state index < -0.39 is 6.36 Å². The van der Waals surface area contributed by atoms with Gasteiger partial charge in [-0.05, 0) is 66.1 Å². The Labute approximate surface area is 214 Å². The predicted octanol–water partition coefficient (Wildman–Crippen LogP) is 8.68. The number of rotatable bonds is 11. The van der Waals surface area contributed by atoms with Gasteiger partial charge in [0, 0.05) is 10.9 Å². The average Bonchev–Trinajstić information content (AvgIpc) is 2.88. The van der Waals surface area contributed by atoms with Crippen molar-refractivity contribution in [1.82, 2.24) is 4.98 Å².